The minimum absolute atomic E-state index is 0.0629. The van der Waals surface area contributed by atoms with Crippen molar-refractivity contribution in [3.8, 4) is 11.1 Å². The summed E-state index contributed by atoms with van der Waals surface area (Å²) in [6.45, 7) is 2.15. The predicted molar refractivity (Wildman–Crippen MR) is 129 cm³/mol. The first-order valence-electron chi connectivity index (χ1n) is 11.4. The Kier molecular flexibility index (Phi) is 7.14. The van der Waals surface area contributed by atoms with Crippen molar-refractivity contribution in [1.82, 2.24) is 20.4 Å². The number of benzene rings is 2. The van der Waals surface area contributed by atoms with Crippen LogP contribution in [-0.4, -0.2) is 45.5 Å². The number of aryl methyl sites for hydroxylation is 2. The molecule has 0 bridgehead atoms. The van der Waals surface area contributed by atoms with E-state index in [1.807, 2.05) is 61.7 Å². The lowest BCUT2D eigenvalue weighted by Gasteiger charge is -2.19. The second-order valence-corrected chi connectivity index (χ2v) is 8.61. The monoisotopic (exact) mass is 476 g/mol. The van der Waals surface area contributed by atoms with E-state index in [9.17, 15) is 14.4 Å². The Labute approximate surface area is 203 Å². The standard InChI is InChI=1S/C26H28N4O5/c1-16-14-30(2)29-23(16)13-27-25(33)22(11-12-24(31)32)28-26(34)35-15-21-19-9-5-3-7-17(19)18-8-4-6-10-20(18)21/h3-10,14,21-22H,11-13,15H2,1-2H3,(H,27,33)(H,28,34)(H,31,32). The van der Waals surface area contributed by atoms with Crippen molar-refractivity contribution in [2.75, 3.05) is 6.61 Å². The van der Waals surface area contributed by atoms with Gasteiger partial charge in [-0.25, -0.2) is 4.79 Å². The third kappa shape index (κ3) is 5.51. The maximum Gasteiger partial charge on any atom is 0.407 e. The number of carboxylic acid groups (broad SMARTS) is 1. The van der Waals surface area contributed by atoms with E-state index in [1.54, 1.807) is 11.7 Å². The van der Waals surface area contributed by atoms with Crippen molar-refractivity contribution < 1.29 is 24.2 Å². The first-order chi connectivity index (χ1) is 16.8. The predicted octanol–water partition coefficient (Wildman–Crippen LogP) is 3.12. The number of fused-ring (bicyclic) bond motifs is 3. The molecular formula is C26H28N4O5. The number of carbonyl (C=O) groups excluding carboxylic acids is 2. The molecule has 2 amide bonds. The van der Waals surface area contributed by atoms with E-state index in [1.165, 1.54) is 0 Å². The lowest BCUT2D eigenvalue weighted by atomic mass is 9.98. The quantitative estimate of drug-likeness (QED) is 0.436. The van der Waals surface area contributed by atoms with Crippen LogP contribution in [0.1, 0.15) is 41.1 Å². The van der Waals surface area contributed by atoms with Crippen LogP contribution in [0, 0.1) is 6.92 Å². The molecule has 4 rings (SSSR count). The van der Waals surface area contributed by atoms with Gasteiger partial charge in [0.2, 0.25) is 5.91 Å². The highest BCUT2D eigenvalue weighted by Gasteiger charge is 2.30. The highest BCUT2D eigenvalue weighted by molar-refractivity contribution is 5.86. The normalized spacial score (nSPS) is 13.0. The van der Waals surface area contributed by atoms with Crippen molar-refractivity contribution in [1.29, 1.82) is 0 Å². The van der Waals surface area contributed by atoms with Crippen LogP contribution in [0.4, 0.5) is 4.79 Å². The van der Waals surface area contributed by atoms with Gasteiger partial charge in [-0.3, -0.25) is 14.3 Å². The summed E-state index contributed by atoms with van der Waals surface area (Å²) in [7, 11) is 1.78. The third-order valence-corrected chi connectivity index (χ3v) is 6.14. The van der Waals surface area contributed by atoms with E-state index in [0.717, 1.165) is 27.8 Å². The molecule has 9 nitrogen and oxygen atoms in total. The van der Waals surface area contributed by atoms with Crippen LogP contribution >= 0.6 is 0 Å². The van der Waals surface area contributed by atoms with Gasteiger partial charge in [-0.15, -0.1) is 0 Å². The molecule has 0 fully saturated rings. The highest BCUT2D eigenvalue weighted by atomic mass is 16.5. The van der Waals surface area contributed by atoms with E-state index < -0.39 is 24.0 Å². The Bertz CT molecular complexity index is 1210. The van der Waals surface area contributed by atoms with Gasteiger partial charge in [0.15, 0.2) is 0 Å². The van der Waals surface area contributed by atoms with Gasteiger partial charge in [-0.05, 0) is 41.2 Å². The lowest BCUT2D eigenvalue weighted by Crippen LogP contribution is -2.47. The zero-order valence-corrected chi connectivity index (χ0v) is 19.7. The average molecular weight is 477 g/mol. The summed E-state index contributed by atoms with van der Waals surface area (Å²) >= 11 is 0. The van der Waals surface area contributed by atoms with Gasteiger partial charge in [0.25, 0.3) is 0 Å². The minimum Gasteiger partial charge on any atom is -0.481 e. The topological polar surface area (TPSA) is 123 Å². The molecule has 1 heterocycles. The largest absolute Gasteiger partial charge is 0.481 e. The van der Waals surface area contributed by atoms with Gasteiger partial charge in [-0.2, -0.15) is 5.10 Å². The molecule has 182 valence electrons. The van der Waals surface area contributed by atoms with Gasteiger partial charge in [-0.1, -0.05) is 48.5 Å². The van der Waals surface area contributed by atoms with E-state index in [4.69, 9.17) is 9.84 Å². The first kappa shape index (κ1) is 24.0. The molecule has 0 saturated carbocycles. The Hall–Kier alpha value is -4.14. The summed E-state index contributed by atoms with van der Waals surface area (Å²) in [6.07, 6.45) is 0.723. The number of alkyl carbamates (subject to hydrolysis) is 1. The van der Waals surface area contributed by atoms with Gasteiger partial charge < -0.3 is 20.5 Å². The van der Waals surface area contributed by atoms with Gasteiger partial charge in [0.1, 0.15) is 12.6 Å². The molecule has 1 unspecified atom stereocenters. The van der Waals surface area contributed by atoms with Crippen LogP contribution in [0.5, 0.6) is 0 Å². The molecule has 35 heavy (non-hydrogen) atoms. The van der Waals surface area contributed by atoms with Crippen molar-refractivity contribution in [3.05, 3.63) is 77.1 Å². The molecule has 1 aromatic heterocycles. The zero-order valence-electron chi connectivity index (χ0n) is 19.7. The number of aromatic nitrogens is 2. The fraction of sp³-hybridized carbons (Fsp3) is 0.308. The number of nitrogens with one attached hydrogen (secondary N) is 2. The highest BCUT2D eigenvalue weighted by Crippen LogP contribution is 2.44. The number of hydrogen-bond acceptors (Lipinski definition) is 5. The number of hydrogen-bond donors (Lipinski definition) is 3. The second-order valence-electron chi connectivity index (χ2n) is 8.61. The summed E-state index contributed by atoms with van der Waals surface area (Å²) in [4.78, 5) is 36.5. The molecule has 1 atom stereocenters. The molecule has 0 saturated heterocycles. The number of carboxylic acids is 1. The Morgan fingerprint density at radius 2 is 1.71 bits per heavy atom. The summed E-state index contributed by atoms with van der Waals surface area (Å²) in [5, 5.41) is 18.6. The molecule has 3 N–H and O–H groups in total. The number of ether oxygens (including phenoxy) is 1. The van der Waals surface area contributed by atoms with Crippen molar-refractivity contribution in [2.45, 2.75) is 38.3 Å². The maximum absolute atomic E-state index is 12.8. The molecule has 3 aromatic rings. The fourth-order valence-corrected chi connectivity index (χ4v) is 4.44. The molecule has 0 aliphatic heterocycles. The molecule has 0 radical (unpaired) electrons. The minimum atomic E-state index is -1.06. The molecule has 0 spiro atoms. The van der Waals surface area contributed by atoms with Crippen LogP contribution in [0.3, 0.4) is 0 Å². The van der Waals surface area contributed by atoms with Gasteiger partial charge in [0, 0.05) is 25.6 Å². The smallest absolute Gasteiger partial charge is 0.407 e. The second kappa shape index (κ2) is 10.4. The zero-order chi connectivity index (χ0) is 24.9. The van der Waals surface area contributed by atoms with Crippen LogP contribution in [-0.2, 0) is 27.9 Å². The molecular weight excluding hydrogens is 448 g/mol. The maximum atomic E-state index is 12.8. The number of rotatable bonds is 9. The van der Waals surface area contributed by atoms with Crippen LogP contribution in [0.2, 0.25) is 0 Å². The average Bonchev–Trinajstić information content (AvgIpc) is 3.34. The summed E-state index contributed by atoms with van der Waals surface area (Å²) in [5.74, 6) is -1.67. The van der Waals surface area contributed by atoms with E-state index in [-0.39, 0.29) is 31.9 Å². The van der Waals surface area contributed by atoms with E-state index >= 15 is 0 Å². The molecule has 1 aliphatic rings. The van der Waals surface area contributed by atoms with Gasteiger partial charge >= 0.3 is 12.1 Å². The Morgan fingerprint density at radius 3 is 2.29 bits per heavy atom. The number of amides is 2. The summed E-state index contributed by atoms with van der Waals surface area (Å²) in [5.41, 5.74) is 5.99. The molecule has 2 aromatic carbocycles. The van der Waals surface area contributed by atoms with Crippen LogP contribution in [0.15, 0.2) is 54.7 Å². The third-order valence-electron chi connectivity index (χ3n) is 6.14. The Morgan fingerprint density at radius 1 is 1.09 bits per heavy atom. The van der Waals surface area contributed by atoms with Crippen molar-refractivity contribution >= 4 is 18.0 Å². The lowest BCUT2D eigenvalue weighted by molar-refractivity contribution is -0.137. The SMILES string of the molecule is Cc1cn(C)nc1CNC(=O)C(CCC(=O)O)NC(=O)OCC1c2ccccc2-c2ccccc21. The van der Waals surface area contributed by atoms with Crippen molar-refractivity contribution in [2.24, 2.45) is 7.05 Å². The molecule has 9 heteroatoms. The van der Waals surface area contributed by atoms with E-state index in [0.29, 0.717) is 5.69 Å². The number of aliphatic carboxylic acids is 1. The van der Waals surface area contributed by atoms with E-state index in [2.05, 4.69) is 15.7 Å². The number of nitrogens with zero attached hydrogens (tertiary/aromatic N) is 2. The summed E-state index contributed by atoms with van der Waals surface area (Å²) in [6, 6.07) is 14.9. The van der Waals surface area contributed by atoms with Crippen LogP contribution in [0.25, 0.3) is 11.1 Å². The van der Waals surface area contributed by atoms with Gasteiger partial charge in [0.05, 0.1) is 12.2 Å². The number of carbonyl (C=O) groups is 3. The van der Waals surface area contributed by atoms with Crippen LogP contribution < -0.4 is 10.6 Å². The Balaban J connectivity index is 1.39. The summed E-state index contributed by atoms with van der Waals surface area (Å²) < 4.78 is 7.17. The first-order valence-corrected chi connectivity index (χ1v) is 11.4. The van der Waals surface area contributed by atoms with Crippen molar-refractivity contribution in [3.63, 3.8) is 0 Å². The fourth-order valence-electron chi connectivity index (χ4n) is 4.44. The molecule has 1 aliphatic carbocycles.